The molecule has 35 heavy (non-hydrogen) atoms. The normalized spacial score (nSPS) is 16.4. The van der Waals surface area contributed by atoms with Gasteiger partial charge in [-0.1, -0.05) is 0 Å². The van der Waals surface area contributed by atoms with Crippen molar-refractivity contribution >= 4 is 29.1 Å². The van der Waals surface area contributed by atoms with Gasteiger partial charge in [0.05, 0.1) is 30.9 Å². The van der Waals surface area contributed by atoms with Crippen LogP contribution in [0.4, 0.5) is 50.9 Å². The van der Waals surface area contributed by atoms with Crippen LogP contribution >= 0.6 is 0 Å². The van der Waals surface area contributed by atoms with Crippen molar-refractivity contribution < 1.29 is 58.6 Å². The number of nitrogens with zero attached hydrogens (tertiary/aromatic N) is 2. The van der Waals surface area contributed by atoms with E-state index in [0.29, 0.717) is 12.1 Å². The molecular formula is C18H17F9N4O4. The van der Waals surface area contributed by atoms with Crippen LogP contribution in [0.5, 0.6) is 0 Å². The maximum Gasteiger partial charge on any atom is 0.418 e. The highest BCUT2D eigenvalue weighted by molar-refractivity contribution is 6.10. The summed E-state index contributed by atoms with van der Waals surface area (Å²) in [6, 6.07) is -0.883. The Labute approximate surface area is 190 Å². The average Bonchev–Trinajstić information content (AvgIpc) is 2.65. The molecule has 196 valence electrons. The van der Waals surface area contributed by atoms with Crippen molar-refractivity contribution in [2.75, 3.05) is 43.1 Å². The third-order valence-electron chi connectivity index (χ3n) is 4.51. The number of amides is 3. The van der Waals surface area contributed by atoms with Gasteiger partial charge in [-0.3, -0.25) is 19.3 Å². The van der Waals surface area contributed by atoms with Gasteiger partial charge in [0.15, 0.2) is 6.04 Å². The Morgan fingerprint density at radius 2 is 1.63 bits per heavy atom. The highest BCUT2D eigenvalue weighted by Crippen LogP contribution is 2.38. The molecule has 1 aromatic rings. The molecule has 0 radical (unpaired) electrons. The van der Waals surface area contributed by atoms with Crippen LogP contribution in [0.1, 0.15) is 5.56 Å². The second-order valence-corrected chi connectivity index (χ2v) is 7.26. The number of primary amides is 1. The van der Waals surface area contributed by atoms with Gasteiger partial charge in [-0.15, -0.1) is 0 Å². The molecule has 3 N–H and O–H groups in total. The van der Waals surface area contributed by atoms with Crippen LogP contribution in [0.15, 0.2) is 18.2 Å². The van der Waals surface area contributed by atoms with Gasteiger partial charge in [-0.25, -0.2) is 0 Å². The monoisotopic (exact) mass is 524 g/mol. The fourth-order valence-electron chi connectivity index (χ4n) is 3.21. The fraction of sp³-hybridized carbons (Fsp3) is 0.500. The van der Waals surface area contributed by atoms with Crippen LogP contribution in [-0.4, -0.2) is 73.9 Å². The fourth-order valence-corrected chi connectivity index (χ4v) is 3.21. The number of alkyl halides is 9. The van der Waals surface area contributed by atoms with Crippen molar-refractivity contribution in [1.82, 2.24) is 4.90 Å². The average molecular weight is 524 g/mol. The number of ether oxygens (including phenoxy) is 1. The van der Waals surface area contributed by atoms with Crippen molar-refractivity contribution in [3.05, 3.63) is 23.8 Å². The standard InChI is InChI=1S/C18H17F9N4O4/c19-16(20,21)7-30(8-17(22,23)24)13(14(28)33)15(34)29-11-2-1-9(5-10(11)18(25,26)27)31-3-4-35-6-12(31)32/h1-2,5,13H,3-4,6-8H2,(H2,28,33)(H,29,34)/t13-/m0/s1. The third kappa shape index (κ3) is 7.98. The van der Waals surface area contributed by atoms with E-state index >= 15 is 0 Å². The lowest BCUT2D eigenvalue weighted by molar-refractivity contribution is -0.187. The first kappa shape index (κ1) is 28.2. The van der Waals surface area contributed by atoms with E-state index in [0.717, 1.165) is 11.0 Å². The molecule has 17 heteroatoms. The summed E-state index contributed by atoms with van der Waals surface area (Å²) in [7, 11) is 0. The van der Waals surface area contributed by atoms with E-state index in [1.165, 1.54) is 5.32 Å². The zero-order valence-corrected chi connectivity index (χ0v) is 17.4. The lowest BCUT2D eigenvalue weighted by Crippen LogP contribution is -2.57. The molecule has 0 saturated carbocycles. The van der Waals surface area contributed by atoms with Gasteiger partial charge in [0.2, 0.25) is 5.91 Å². The number of morpholine rings is 1. The van der Waals surface area contributed by atoms with E-state index in [4.69, 9.17) is 10.5 Å². The Kier molecular flexibility index (Phi) is 8.26. The van der Waals surface area contributed by atoms with Crippen LogP contribution in [0.3, 0.4) is 0 Å². The molecule has 1 fully saturated rings. The molecule has 0 aliphatic carbocycles. The maximum atomic E-state index is 13.6. The van der Waals surface area contributed by atoms with Crippen molar-refractivity contribution in [1.29, 1.82) is 0 Å². The number of halogens is 9. The molecule has 1 saturated heterocycles. The van der Waals surface area contributed by atoms with Gasteiger partial charge in [-0.2, -0.15) is 39.5 Å². The van der Waals surface area contributed by atoms with Gasteiger partial charge in [0.25, 0.3) is 11.8 Å². The van der Waals surface area contributed by atoms with E-state index in [9.17, 15) is 53.9 Å². The quantitative estimate of drug-likeness (QED) is 0.421. The highest BCUT2D eigenvalue weighted by atomic mass is 19.4. The molecule has 0 bridgehead atoms. The van der Waals surface area contributed by atoms with Crippen molar-refractivity contribution in [2.24, 2.45) is 5.73 Å². The van der Waals surface area contributed by atoms with Crippen LogP contribution < -0.4 is 16.0 Å². The Morgan fingerprint density at radius 1 is 1.06 bits per heavy atom. The van der Waals surface area contributed by atoms with E-state index in [1.807, 2.05) is 0 Å². The molecule has 0 unspecified atom stereocenters. The summed E-state index contributed by atoms with van der Waals surface area (Å²) in [4.78, 5) is 36.3. The van der Waals surface area contributed by atoms with E-state index in [2.05, 4.69) is 0 Å². The number of carbonyl (C=O) groups excluding carboxylic acids is 3. The zero-order chi connectivity index (χ0) is 26.8. The van der Waals surface area contributed by atoms with E-state index < -0.39 is 78.1 Å². The lowest BCUT2D eigenvalue weighted by atomic mass is 10.1. The lowest BCUT2D eigenvalue weighted by Gasteiger charge is -2.30. The molecule has 0 spiro atoms. The van der Waals surface area contributed by atoms with Crippen molar-refractivity contribution in [3.63, 3.8) is 0 Å². The topological polar surface area (TPSA) is 105 Å². The predicted octanol–water partition coefficient (Wildman–Crippen LogP) is 2.29. The SMILES string of the molecule is NC(=O)[C@@H](C(=O)Nc1ccc(N2CCOCC2=O)cc1C(F)(F)F)N(CC(F)(F)F)CC(F)(F)F. The van der Waals surface area contributed by atoms with Gasteiger partial charge in [0.1, 0.15) is 6.61 Å². The van der Waals surface area contributed by atoms with Crippen molar-refractivity contribution in [2.45, 2.75) is 24.6 Å². The molecule has 3 amide bonds. The number of rotatable bonds is 7. The summed E-state index contributed by atoms with van der Waals surface area (Å²) in [6.45, 7) is -5.31. The summed E-state index contributed by atoms with van der Waals surface area (Å²) in [6.07, 6.45) is -15.8. The molecule has 0 aromatic heterocycles. The Balaban J connectivity index is 2.43. The first-order valence-electron chi connectivity index (χ1n) is 9.46. The van der Waals surface area contributed by atoms with E-state index in [1.54, 1.807) is 0 Å². The molecule has 1 aliphatic heterocycles. The molecule has 8 nitrogen and oxygen atoms in total. The Hall–Kier alpha value is -3.08. The van der Waals surface area contributed by atoms with Crippen LogP contribution in [0.2, 0.25) is 0 Å². The second-order valence-electron chi connectivity index (χ2n) is 7.26. The minimum atomic E-state index is -5.32. The second kappa shape index (κ2) is 10.3. The molecular weight excluding hydrogens is 507 g/mol. The third-order valence-corrected chi connectivity index (χ3v) is 4.51. The predicted molar refractivity (Wildman–Crippen MR) is 99.9 cm³/mol. The summed E-state index contributed by atoms with van der Waals surface area (Å²) in [5.41, 5.74) is 1.91. The smallest absolute Gasteiger partial charge is 0.370 e. The maximum absolute atomic E-state index is 13.6. The van der Waals surface area contributed by atoms with Gasteiger partial charge < -0.3 is 20.7 Å². The number of nitrogens with two attached hydrogens (primary N) is 1. The zero-order valence-electron chi connectivity index (χ0n) is 17.4. The van der Waals surface area contributed by atoms with Crippen LogP contribution in [0, 0.1) is 0 Å². The molecule has 1 atom stereocenters. The Bertz CT molecular complexity index is 947. The van der Waals surface area contributed by atoms with Crippen molar-refractivity contribution in [3.8, 4) is 0 Å². The number of anilines is 2. The van der Waals surface area contributed by atoms with Crippen LogP contribution in [0.25, 0.3) is 0 Å². The first-order chi connectivity index (χ1) is 15.9. The highest BCUT2D eigenvalue weighted by Gasteiger charge is 2.45. The number of hydrogen-bond acceptors (Lipinski definition) is 5. The summed E-state index contributed by atoms with van der Waals surface area (Å²) in [5.74, 6) is -4.59. The number of hydrogen-bond donors (Lipinski definition) is 2. The van der Waals surface area contributed by atoms with Gasteiger partial charge >= 0.3 is 18.5 Å². The molecule has 1 heterocycles. The van der Waals surface area contributed by atoms with Gasteiger partial charge in [-0.05, 0) is 18.2 Å². The summed E-state index contributed by atoms with van der Waals surface area (Å²) < 4.78 is 122. The first-order valence-corrected chi connectivity index (χ1v) is 9.46. The van der Waals surface area contributed by atoms with Crippen LogP contribution in [-0.2, 0) is 25.3 Å². The Morgan fingerprint density at radius 3 is 2.09 bits per heavy atom. The van der Waals surface area contributed by atoms with E-state index in [-0.39, 0.29) is 18.8 Å². The number of carbonyl (C=O) groups is 3. The minimum Gasteiger partial charge on any atom is -0.370 e. The van der Waals surface area contributed by atoms with Gasteiger partial charge in [0, 0.05) is 12.2 Å². The largest absolute Gasteiger partial charge is 0.418 e. The molecule has 1 aliphatic rings. The molecule has 2 rings (SSSR count). The number of nitrogens with one attached hydrogen (secondary N) is 1. The minimum absolute atomic E-state index is 0.0140. The summed E-state index contributed by atoms with van der Waals surface area (Å²) in [5, 5.41) is 1.53. The molecule has 1 aromatic carbocycles. The number of benzene rings is 1. The summed E-state index contributed by atoms with van der Waals surface area (Å²) >= 11 is 0.